The number of aliphatic hydroxyl groups is 1. The molecule has 0 aliphatic heterocycles. The molecule has 0 radical (unpaired) electrons. The van der Waals surface area contributed by atoms with E-state index in [1.807, 2.05) is 6.92 Å². The van der Waals surface area contributed by atoms with Gasteiger partial charge >= 0.3 is 0 Å². The van der Waals surface area contributed by atoms with Crippen LogP contribution in [0, 0.1) is 24.4 Å². The van der Waals surface area contributed by atoms with E-state index >= 15 is 0 Å². The number of hydrogen-bond acceptors (Lipinski definition) is 5. The van der Waals surface area contributed by atoms with Crippen molar-refractivity contribution >= 4 is 28.2 Å². The first-order valence-electron chi connectivity index (χ1n) is 9.74. The summed E-state index contributed by atoms with van der Waals surface area (Å²) < 4.78 is 44.0. The van der Waals surface area contributed by atoms with Crippen molar-refractivity contribution < 1.29 is 18.3 Å². The molecule has 0 bridgehead atoms. The zero-order valence-electron chi connectivity index (χ0n) is 18.0. The van der Waals surface area contributed by atoms with Gasteiger partial charge in [0.15, 0.2) is 11.6 Å². The fraction of sp³-hybridized carbons (Fsp3) is 0.318. The summed E-state index contributed by atoms with van der Waals surface area (Å²) in [5.74, 6) is -2.03. The molecule has 0 atom stereocenters. The van der Waals surface area contributed by atoms with Gasteiger partial charge in [0.2, 0.25) is 0 Å². The van der Waals surface area contributed by atoms with Crippen LogP contribution in [-0.4, -0.2) is 36.8 Å². The maximum Gasteiger partial charge on any atom is 0.257 e. The Morgan fingerprint density at radius 2 is 1.77 bits per heavy atom. The van der Waals surface area contributed by atoms with Crippen molar-refractivity contribution in [2.24, 2.45) is 0 Å². The summed E-state index contributed by atoms with van der Waals surface area (Å²) in [6, 6.07) is 6.97. The lowest BCUT2D eigenvalue weighted by atomic mass is 10.1. The van der Waals surface area contributed by atoms with E-state index in [2.05, 4.69) is 15.2 Å². The van der Waals surface area contributed by atoms with Crippen molar-refractivity contribution in [3.8, 4) is 0 Å². The molecular weight excluding hydrogens is 407 g/mol. The molecule has 0 fully saturated rings. The van der Waals surface area contributed by atoms with Crippen LogP contribution in [0.25, 0.3) is 16.7 Å². The number of aryl methyl sites for hydroxylation is 1. The van der Waals surface area contributed by atoms with E-state index in [0.717, 1.165) is 6.07 Å². The Balaban J connectivity index is 0.000000491. The minimum atomic E-state index is -1.02. The molecule has 9 heteroatoms. The summed E-state index contributed by atoms with van der Waals surface area (Å²) in [5, 5.41) is 16.2. The third-order valence-electron chi connectivity index (χ3n) is 4.20. The zero-order chi connectivity index (χ0) is 22.9. The molecule has 6 nitrogen and oxygen atoms in total. The Morgan fingerprint density at radius 3 is 2.39 bits per heavy atom. The summed E-state index contributed by atoms with van der Waals surface area (Å²) in [4.78, 5) is 5.98. The minimum Gasteiger partial charge on any atom is -0.391 e. The van der Waals surface area contributed by atoms with Gasteiger partial charge < -0.3 is 10.0 Å². The summed E-state index contributed by atoms with van der Waals surface area (Å²) >= 11 is 0. The van der Waals surface area contributed by atoms with Crippen LogP contribution >= 0.6 is 0 Å². The molecule has 4 rings (SSSR count). The lowest BCUT2D eigenvalue weighted by Gasteiger charge is -2.24. The fourth-order valence-electron chi connectivity index (χ4n) is 3.10. The molecule has 0 saturated heterocycles. The lowest BCUT2D eigenvalue weighted by molar-refractivity contribution is 0.102. The molecule has 0 amide bonds. The molecule has 0 aliphatic rings. The van der Waals surface area contributed by atoms with Crippen LogP contribution in [0.15, 0.2) is 36.7 Å². The normalized spacial score (nSPS) is 11.5. The van der Waals surface area contributed by atoms with Crippen LogP contribution in [0.1, 0.15) is 33.3 Å². The number of fused-ring (bicyclic) bond motifs is 3. The SMILES string of the molecule is CC(C)(C)O.CCN(c1cc(C)cc(F)c1)c1nc2nncn2c2ccc(F)c(F)c12. The lowest BCUT2D eigenvalue weighted by Crippen LogP contribution is -2.19. The number of rotatable bonds is 3. The molecule has 0 saturated carbocycles. The molecule has 0 unspecified atom stereocenters. The molecule has 1 N–H and O–H groups in total. The Bertz CT molecular complexity index is 1210. The van der Waals surface area contributed by atoms with E-state index in [4.69, 9.17) is 5.11 Å². The standard InChI is InChI=1S/C18H14F3N5.C4H10O/c1-3-25(12-7-10(2)6-11(19)8-12)17-15-14(5-4-13(20)16(15)21)26-9-22-24-18(26)23-17;1-4(2,3)5/h4-9H,3H2,1-2H3;5H,1-3H3. The third-order valence-corrected chi connectivity index (χ3v) is 4.20. The van der Waals surface area contributed by atoms with E-state index in [9.17, 15) is 13.2 Å². The number of aromatic nitrogens is 4. The minimum absolute atomic E-state index is 0.0129. The van der Waals surface area contributed by atoms with Gasteiger partial charge in [0.05, 0.1) is 16.5 Å². The summed E-state index contributed by atoms with van der Waals surface area (Å²) in [6.45, 7) is 9.17. The highest BCUT2D eigenvalue weighted by Crippen LogP contribution is 2.34. The van der Waals surface area contributed by atoms with Crippen LogP contribution in [0.5, 0.6) is 0 Å². The maximum atomic E-state index is 14.7. The molecule has 2 heterocycles. The number of nitrogens with zero attached hydrogens (tertiary/aromatic N) is 5. The van der Waals surface area contributed by atoms with Crippen LogP contribution in [0.2, 0.25) is 0 Å². The topological polar surface area (TPSA) is 66.5 Å². The predicted molar refractivity (Wildman–Crippen MR) is 114 cm³/mol. The van der Waals surface area contributed by atoms with Gasteiger partial charge in [0.25, 0.3) is 5.78 Å². The van der Waals surface area contributed by atoms with Crippen LogP contribution in [0.3, 0.4) is 0 Å². The van der Waals surface area contributed by atoms with Crippen LogP contribution in [-0.2, 0) is 0 Å². The monoisotopic (exact) mass is 431 g/mol. The van der Waals surface area contributed by atoms with Crippen molar-refractivity contribution in [1.29, 1.82) is 0 Å². The maximum absolute atomic E-state index is 14.7. The van der Waals surface area contributed by atoms with Crippen LogP contribution < -0.4 is 4.90 Å². The van der Waals surface area contributed by atoms with Gasteiger partial charge in [-0.05, 0) is 70.5 Å². The van der Waals surface area contributed by atoms with E-state index in [1.54, 1.807) is 38.7 Å². The predicted octanol–water partition coefficient (Wildman–Crippen LogP) is 4.94. The van der Waals surface area contributed by atoms with Gasteiger partial charge in [0.1, 0.15) is 18.0 Å². The Kier molecular flexibility index (Phi) is 6.17. The number of benzene rings is 2. The zero-order valence-corrected chi connectivity index (χ0v) is 18.0. The van der Waals surface area contributed by atoms with Gasteiger partial charge in [-0.3, -0.25) is 4.40 Å². The number of anilines is 2. The van der Waals surface area contributed by atoms with Gasteiger partial charge in [0, 0.05) is 12.2 Å². The van der Waals surface area contributed by atoms with Crippen molar-refractivity contribution in [1.82, 2.24) is 19.6 Å². The largest absolute Gasteiger partial charge is 0.391 e. The second-order valence-corrected chi connectivity index (χ2v) is 8.09. The van der Waals surface area contributed by atoms with Crippen molar-refractivity contribution in [3.63, 3.8) is 0 Å². The molecule has 31 heavy (non-hydrogen) atoms. The van der Waals surface area contributed by atoms with E-state index in [1.165, 1.54) is 28.9 Å². The summed E-state index contributed by atoms with van der Waals surface area (Å²) in [6.07, 6.45) is 1.38. The first-order valence-corrected chi connectivity index (χ1v) is 9.74. The van der Waals surface area contributed by atoms with Crippen LogP contribution in [0.4, 0.5) is 24.7 Å². The van der Waals surface area contributed by atoms with Gasteiger partial charge in [-0.15, -0.1) is 10.2 Å². The van der Waals surface area contributed by atoms with E-state index in [-0.39, 0.29) is 17.0 Å². The molecule has 0 spiro atoms. The first-order chi connectivity index (χ1) is 14.5. The molecule has 2 aromatic heterocycles. The first kappa shape index (κ1) is 22.5. The Labute approximate surface area is 178 Å². The second-order valence-electron chi connectivity index (χ2n) is 8.09. The highest BCUT2D eigenvalue weighted by molar-refractivity contribution is 5.94. The smallest absolute Gasteiger partial charge is 0.257 e. The van der Waals surface area contributed by atoms with Gasteiger partial charge in [-0.25, -0.2) is 13.2 Å². The molecule has 2 aromatic carbocycles. The van der Waals surface area contributed by atoms with Gasteiger partial charge in [-0.2, -0.15) is 4.98 Å². The van der Waals surface area contributed by atoms with Crippen molar-refractivity contribution in [2.45, 2.75) is 40.2 Å². The molecular formula is C22H24F3N5O. The number of halogens is 3. The van der Waals surface area contributed by atoms with Crippen molar-refractivity contribution in [2.75, 3.05) is 11.4 Å². The third kappa shape index (κ3) is 4.93. The number of hydrogen-bond donors (Lipinski definition) is 1. The highest BCUT2D eigenvalue weighted by atomic mass is 19.2. The average Bonchev–Trinajstić information content (AvgIpc) is 3.11. The Morgan fingerprint density at radius 1 is 1.10 bits per heavy atom. The fourth-order valence-corrected chi connectivity index (χ4v) is 3.10. The highest BCUT2D eigenvalue weighted by Gasteiger charge is 2.21. The average molecular weight is 431 g/mol. The summed E-state index contributed by atoms with van der Waals surface area (Å²) in [7, 11) is 0. The molecule has 0 aliphatic carbocycles. The Hall–Kier alpha value is -3.20. The van der Waals surface area contributed by atoms with E-state index in [0.29, 0.717) is 23.3 Å². The molecule has 4 aromatic rings. The van der Waals surface area contributed by atoms with Gasteiger partial charge in [-0.1, -0.05) is 0 Å². The quantitative estimate of drug-likeness (QED) is 0.498. The molecule has 164 valence electrons. The second kappa shape index (κ2) is 8.50. The summed E-state index contributed by atoms with van der Waals surface area (Å²) in [5.41, 5.74) is 1.07. The van der Waals surface area contributed by atoms with Crippen molar-refractivity contribution in [3.05, 3.63) is 59.7 Å². The van der Waals surface area contributed by atoms with E-state index < -0.39 is 23.1 Å².